The minimum atomic E-state index is -0.566. The number of amides is 1. The quantitative estimate of drug-likeness (QED) is 0.671. The zero-order chi connectivity index (χ0) is 8.81. The minimum absolute atomic E-state index is 0.00375. The highest BCUT2D eigenvalue weighted by Crippen LogP contribution is 1.94. The molecule has 64 valence electrons. The van der Waals surface area contributed by atoms with Crippen molar-refractivity contribution >= 4 is 6.09 Å². The number of aromatic nitrogens is 3. The van der Waals surface area contributed by atoms with E-state index in [9.17, 15) is 4.79 Å². The summed E-state index contributed by atoms with van der Waals surface area (Å²) in [7, 11) is 0. The van der Waals surface area contributed by atoms with E-state index in [2.05, 4.69) is 25.0 Å². The fraction of sp³-hybridized carbons (Fsp3) is 0.333. The van der Waals surface area contributed by atoms with Crippen molar-refractivity contribution in [3.8, 4) is 6.01 Å². The van der Waals surface area contributed by atoms with Gasteiger partial charge in [-0.2, -0.15) is 9.97 Å². The third-order valence-corrected chi connectivity index (χ3v) is 0.975. The number of carbonyl (C=O) groups is 1. The van der Waals surface area contributed by atoms with Crippen molar-refractivity contribution < 1.29 is 9.53 Å². The molecule has 1 aromatic rings. The van der Waals surface area contributed by atoms with E-state index in [0.717, 1.165) is 0 Å². The summed E-state index contributed by atoms with van der Waals surface area (Å²) in [5, 5.41) is 2.43. The molecule has 1 aromatic heterocycles. The first-order chi connectivity index (χ1) is 5.83. The van der Waals surface area contributed by atoms with Crippen LogP contribution in [0.5, 0.6) is 6.01 Å². The van der Waals surface area contributed by atoms with Gasteiger partial charge >= 0.3 is 12.1 Å². The summed E-state index contributed by atoms with van der Waals surface area (Å²) in [6.45, 7) is 2.29. The van der Waals surface area contributed by atoms with Crippen molar-refractivity contribution in [1.29, 1.82) is 0 Å². The molecule has 1 amide bonds. The van der Waals surface area contributed by atoms with Gasteiger partial charge in [0, 0.05) is 6.54 Å². The van der Waals surface area contributed by atoms with Gasteiger partial charge in [-0.3, -0.25) is 0 Å². The zero-order valence-electron chi connectivity index (χ0n) is 6.52. The van der Waals surface area contributed by atoms with Crippen LogP contribution >= 0.6 is 0 Å². The maximum absolute atomic E-state index is 10.8. The monoisotopic (exact) mass is 168 g/mol. The Morgan fingerprint density at radius 2 is 2.25 bits per heavy atom. The number of rotatable bonds is 2. The van der Waals surface area contributed by atoms with Crippen LogP contribution in [0.15, 0.2) is 12.7 Å². The van der Waals surface area contributed by atoms with E-state index in [-0.39, 0.29) is 6.01 Å². The summed E-state index contributed by atoms with van der Waals surface area (Å²) >= 11 is 0. The number of hydrogen-bond acceptors (Lipinski definition) is 5. The third-order valence-electron chi connectivity index (χ3n) is 0.975. The van der Waals surface area contributed by atoms with Gasteiger partial charge in [-0.05, 0) is 6.92 Å². The van der Waals surface area contributed by atoms with E-state index in [4.69, 9.17) is 0 Å². The Morgan fingerprint density at radius 1 is 1.58 bits per heavy atom. The topological polar surface area (TPSA) is 77.0 Å². The Kier molecular flexibility index (Phi) is 2.95. The second kappa shape index (κ2) is 4.22. The van der Waals surface area contributed by atoms with Gasteiger partial charge in [0.05, 0.1) is 0 Å². The molecule has 0 atom stereocenters. The molecule has 6 nitrogen and oxygen atoms in total. The van der Waals surface area contributed by atoms with Crippen LogP contribution in [-0.2, 0) is 0 Å². The first-order valence-corrected chi connectivity index (χ1v) is 3.40. The Balaban J connectivity index is 2.47. The summed E-state index contributed by atoms with van der Waals surface area (Å²) in [5.74, 6) is 0. The summed E-state index contributed by atoms with van der Waals surface area (Å²) in [6.07, 6.45) is 1.94. The van der Waals surface area contributed by atoms with Crippen molar-refractivity contribution in [2.75, 3.05) is 6.54 Å². The highest BCUT2D eigenvalue weighted by molar-refractivity contribution is 5.69. The van der Waals surface area contributed by atoms with E-state index in [1.54, 1.807) is 6.92 Å². The SMILES string of the molecule is CCNC(=O)Oc1ncncn1. The van der Waals surface area contributed by atoms with Gasteiger partial charge in [-0.25, -0.2) is 9.78 Å². The molecule has 0 saturated heterocycles. The zero-order valence-corrected chi connectivity index (χ0v) is 6.52. The smallest absolute Gasteiger partial charge is 0.374 e. The summed E-state index contributed by atoms with van der Waals surface area (Å²) in [5.41, 5.74) is 0. The van der Waals surface area contributed by atoms with Crippen molar-refractivity contribution in [2.24, 2.45) is 0 Å². The van der Waals surface area contributed by atoms with E-state index < -0.39 is 6.09 Å². The molecule has 0 radical (unpaired) electrons. The standard InChI is InChI=1S/C6H8N4O2/c1-2-8-6(11)12-5-9-3-7-4-10-5/h3-4H,2H2,1H3,(H,8,11). The van der Waals surface area contributed by atoms with Crippen molar-refractivity contribution in [2.45, 2.75) is 6.92 Å². The van der Waals surface area contributed by atoms with Crippen LogP contribution in [0, 0.1) is 0 Å². The molecule has 1 heterocycles. The Bertz CT molecular complexity index is 251. The van der Waals surface area contributed by atoms with Crippen LogP contribution in [-0.4, -0.2) is 27.6 Å². The Hall–Kier alpha value is -1.72. The second-order valence-electron chi connectivity index (χ2n) is 1.84. The van der Waals surface area contributed by atoms with Crippen molar-refractivity contribution in [1.82, 2.24) is 20.3 Å². The largest absolute Gasteiger partial charge is 0.415 e. The average Bonchev–Trinajstić information content (AvgIpc) is 2.06. The van der Waals surface area contributed by atoms with Crippen LogP contribution in [0.25, 0.3) is 0 Å². The lowest BCUT2D eigenvalue weighted by Crippen LogP contribution is -2.26. The molecule has 0 aliphatic rings. The minimum Gasteiger partial charge on any atom is -0.374 e. The fourth-order valence-corrected chi connectivity index (χ4v) is 0.545. The van der Waals surface area contributed by atoms with Crippen LogP contribution in [0.3, 0.4) is 0 Å². The van der Waals surface area contributed by atoms with E-state index in [0.29, 0.717) is 6.54 Å². The van der Waals surface area contributed by atoms with Crippen LogP contribution in [0.1, 0.15) is 6.92 Å². The first kappa shape index (κ1) is 8.38. The Labute approximate surface area is 69.0 Å². The third kappa shape index (κ3) is 2.49. The molecule has 12 heavy (non-hydrogen) atoms. The number of nitrogens with one attached hydrogen (secondary N) is 1. The molecule has 1 N–H and O–H groups in total. The lowest BCUT2D eigenvalue weighted by molar-refractivity contribution is 0.197. The summed E-state index contributed by atoms with van der Waals surface area (Å²) < 4.78 is 4.64. The molecule has 1 rings (SSSR count). The Morgan fingerprint density at radius 3 is 2.83 bits per heavy atom. The predicted octanol–water partition coefficient (Wildman–Crippen LogP) is -0.0201. The van der Waals surface area contributed by atoms with Crippen molar-refractivity contribution in [3.05, 3.63) is 12.7 Å². The number of ether oxygens (including phenoxy) is 1. The van der Waals surface area contributed by atoms with E-state index in [1.807, 2.05) is 0 Å². The maximum Gasteiger partial charge on any atom is 0.415 e. The van der Waals surface area contributed by atoms with Crippen LogP contribution < -0.4 is 10.1 Å². The van der Waals surface area contributed by atoms with Crippen LogP contribution in [0.4, 0.5) is 4.79 Å². The molecule has 0 saturated carbocycles. The van der Waals surface area contributed by atoms with Gasteiger partial charge in [0.2, 0.25) is 0 Å². The lowest BCUT2D eigenvalue weighted by atomic mass is 10.8. The van der Waals surface area contributed by atoms with Crippen molar-refractivity contribution in [3.63, 3.8) is 0 Å². The molecule has 0 bridgehead atoms. The van der Waals surface area contributed by atoms with E-state index >= 15 is 0 Å². The molecule has 0 aromatic carbocycles. The van der Waals surface area contributed by atoms with Gasteiger partial charge < -0.3 is 10.1 Å². The molecule has 0 fully saturated rings. The average molecular weight is 168 g/mol. The van der Waals surface area contributed by atoms with Gasteiger partial charge in [0.25, 0.3) is 0 Å². The van der Waals surface area contributed by atoms with Gasteiger partial charge in [-0.1, -0.05) is 0 Å². The summed E-state index contributed by atoms with van der Waals surface area (Å²) in [6, 6.07) is -0.00375. The lowest BCUT2D eigenvalue weighted by Gasteiger charge is -2.00. The van der Waals surface area contributed by atoms with E-state index in [1.165, 1.54) is 12.7 Å². The number of nitrogens with zero attached hydrogens (tertiary/aromatic N) is 3. The predicted molar refractivity (Wildman–Crippen MR) is 39.5 cm³/mol. The molecule has 6 heteroatoms. The normalized spacial score (nSPS) is 9.08. The van der Waals surface area contributed by atoms with Gasteiger partial charge in [0.15, 0.2) is 0 Å². The molecule has 0 spiro atoms. The molecular formula is C6H8N4O2. The number of hydrogen-bond donors (Lipinski definition) is 1. The fourth-order valence-electron chi connectivity index (χ4n) is 0.545. The second-order valence-corrected chi connectivity index (χ2v) is 1.84. The molecule has 0 aliphatic heterocycles. The highest BCUT2D eigenvalue weighted by atomic mass is 16.6. The maximum atomic E-state index is 10.8. The van der Waals surface area contributed by atoms with Gasteiger partial charge in [-0.15, -0.1) is 0 Å². The van der Waals surface area contributed by atoms with Gasteiger partial charge in [0.1, 0.15) is 12.7 Å². The first-order valence-electron chi connectivity index (χ1n) is 3.40. The number of carbonyl (C=O) groups excluding carboxylic acids is 1. The van der Waals surface area contributed by atoms with Crippen LogP contribution in [0.2, 0.25) is 0 Å². The molecular weight excluding hydrogens is 160 g/mol. The summed E-state index contributed by atoms with van der Waals surface area (Å²) in [4.78, 5) is 21.5. The molecule has 0 unspecified atom stereocenters. The highest BCUT2D eigenvalue weighted by Gasteiger charge is 2.02. The molecule has 0 aliphatic carbocycles.